The summed E-state index contributed by atoms with van der Waals surface area (Å²) >= 11 is 2.03. The molecule has 3 N–H and O–H groups in total. The summed E-state index contributed by atoms with van der Waals surface area (Å²) < 4.78 is 0. The van der Waals surface area contributed by atoms with Gasteiger partial charge in [-0.2, -0.15) is 0 Å². The molecular formula is C15H24N2S. The van der Waals surface area contributed by atoms with E-state index in [1.165, 1.54) is 62.7 Å². The predicted molar refractivity (Wildman–Crippen MR) is 77.6 cm³/mol. The molecule has 0 bridgehead atoms. The van der Waals surface area contributed by atoms with Crippen molar-refractivity contribution >= 4 is 11.3 Å². The number of aryl methyl sites for hydroxylation is 2. The average molecular weight is 264 g/mol. The van der Waals surface area contributed by atoms with E-state index in [4.69, 9.17) is 5.84 Å². The van der Waals surface area contributed by atoms with Gasteiger partial charge < -0.3 is 0 Å². The second-order valence-electron chi connectivity index (χ2n) is 5.85. The molecule has 100 valence electrons. The maximum Gasteiger partial charge on any atom is 0.0581 e. The molecule has 1 heterocycles. The second kappa shape index (κ2) is 5.72. The van der Waals surface area contributed by atoms with Crippen LogP contribution in [0.2, 0.25) is 0 Å². The molecule has 1 aromatic heterocycles. The molecule has 1 aromatic rings. The van der Waals surface area contributed by atoms with Crippen LogP contribution in [0.15, 0.2) is 6.07 Å². The molecule has 1 unspecified atom stereocenters. The Bertz CT molecular complexity index is 370. The maximum atomic E-state index is 5.83. The van der Waals surface area contributed by atoms with Crippen molar-refractivity contribution in [3.8, 4) is 0 Å². The molecule has 2 aliphatic rings. The lowest BCUT2D eigenvalue weighted by Gasteiger charge is -2.21. The minimum atomic E-state index is 0.407. The van der Waals surface area contributed by atoms with Crippen molar-refractivity contribution in [3.05, 3.63) is 21.4 Å². The van der Waals surface area contributed by atoms with Gasteiger partial charge in [-0.05, 0) is 56.1 Å². The van der Waals surface area contributed by atoms with Gasteiger partial charge in [-0.1, -0.05) is 19.3 Å². The van der Waals surface area contributed by atoms with E-state index in [0.29, 0.717) is 6.04 Å². The molecule has 2 nitrogen and oxygen atoms in total. The summed E-state index contributed by atoms with van der Waals surface area (Å²) in [7, 11) is 0. The van der Waals surface area contributed by atoms with Crippen molar-refractivity contribution in [2.45, 2.75) is 63.8 Å². The van der Waals surface area contributed by atoms with Crippen LogP contribution in [0.1, 0.15) is 66.3 Å². The number of fused-ring (bicyclic) bond motifs is 1. The first-order valence-electron chi connectivity index (χ1n) is 7.46. The van der Waals surface area contributed by atoms with E-state index in [-0.39, 0.29) is 0 Å². The standard InChI is InChI=1S/C15H24N2S/c16-17-15(11-6-4-5-7-11)14-10-12-8-2-1-3-9-13(12)18-14/h10-11,15,17H,1-9,16H2. The molecule has 0 aromatic carbocycles. The predicted octanol–water partition coefficient (Wildman–Crippen LogP) is 3.71. The fourth-order valence-electron chi connectivity index (χ4n) is 3.58. The highest BCUT2D eigenvalue weighted by molar-refractivity contribution is 7.12. The van der Waals surface area contributed by atoms with Crippen molar-refractivity contribution in [1.29, 1.82) is 0 Å². The molecule has 1 fully saturated rings. The van der Waals surface area contributed by atoms with E-state index in [1.54, 1.807) is 10.4 Å². The molecule has 1 atom stereocenters. The molecule has 0 saturated heterocycles. The molecular weight excluding hydrogens is 240 g/mol. The Morgan fingerprint density at radius 1 is 1.11 bits per heavy atom. The van der Waals surface area contributed by atoms with E-state index in [0.717, 1.165) is 5.92 Å². The molecule has 18 heavy (non-hydrogen) atoms. The number of rotatable bonds is 3. The quantitative estimate of drug-likeness (QED) is 0.496. The third-order valence-corrected chi connectivity index (χ3v) is 5.94. The third-order valence-electron chi connectivity index (χ3n) is 4.62. The Morgan fingerprint density at radius 3 is 2.67 bits per heavy atom. The van der Waals surface area contributed by atoms with Gasteiger partial charge in [-0.25, -0.2) is 0 Å². The van der Waals surface area contributed by atoms with Crippen molar-refractivity contribution in [3.63, 3.8) is 0 Å². The fourth-order valence-corrected chi connectivity index (χ4v) is 5.00. The first-order chi connectivity index (χ1) is 8.88. The van der Waals surface area contributed by atoms with Gasteiger partial charge in [0, 0.05) is 9.75 Å². The van der Waals surface area contributed by atoms with Gasteiger partial charge in [0.05, 0.1) is 6.04 Å². The first kappa shape index (κ1) is 12.6. The van der Waals surface area contributed by atoms with Crippen LogP contribution < -0.4 is 11.3 Å². The SMILES string of the molecule is NNC(c1cc2c(s1)CCCCC2)C1CCCC1. The molecule has 2 aliphatic carbocycles. The van der Waals surface area contributed by atoms with Crippen LogP contribution in [0.3, 0.4) is 0 Å². The van der Waals surface area contributed by atoms with Crippen molar-refractivity contribution < 1.29 is 0 Å². The zero-order valence-electron chi connectivity index (χ0n) is 11.1. The van der Waals surface area contributed by atoms with Gasteiger partial charge in [0.15, 0.2) is 0 Å². The molecule has 0 radical (unpaired) electrons. The van der Waals surface area contributed by atoms with Crippen LogP contribution in [-0.4, -0.2) is 0 Å². The second-order valence-corrected chi connectivity index (χ2v) is 7.02. The lowest BCUT2D eigenvalue weighted by molar-refractivity contribution is 0.378. The van der Waals surface area contributed by atoms with Gasteiger partial charge >= 0.3 is 0 Å². The van der Waals surface area contributed by atoms with Crippen LogP contribution in [0, 0.1) is 5.92 Å². The fraction of sp³-hybridized carbons (Fsp3) is 0.733. The molecule has 0 aliphatic heterocycles. The van der Waals surface area contributed by atoms with Gasteiger partial charge in [0.2, 0.25) is 0 Å². The summed E-state index contributed by atoms with van der Waals surface area (Å²) in [5.41, 5.74) is 4.71. The van der Waals surface area contributed by atoms with Crippen LogP contribution in [0.25, 0.3) is 0 Å². The number of hydrogen-bond donors (Lipinski definition) is 2. The van der Waals surface area contributed by atoms with Crippen molar-refractivity contribution in [1.82, 2.24) is 5.43 Å². The summed E-state index contributed by atoms with van der Waals surface area (Å²) in [6, 6.07) is 2.86. The molecule has 1 saturated carbocycles. The van der Waals surface area contributed by atoms with Crippen LogP contribution in [0.4, 0.5) is 0 Å². The first-order valence-corrected chi connectivity index (χ1v) is 8.28. The zero-order valence-corrected chi connectivity index (χ0v) is 11.9. The van der Waals surface area contributed by atoms with Crippen molar-refractivity contribution in [2.75, 3.05) is 0 Å². The Morgan fingerprint density at radius 2 is 1.89 bits per heavy atom. The number of hydrogen-bond acceptors (Lipinski definition) is 3. The van der Waals surface area contributed by atoms with Crippen LogP contribution >= 0.6 is 11.3 Å². The smallest absolute Gasteiger partial charge is 0.0581 e. The van der Waals surface area contributed by atoms with E-state index in [2.05, 4.69) is 11.5 Å². The monoisotopic (exact) mass is 264 g/mol. The average Bonchev–Trinajstić information content (AvgIpc) is 2.98. The Kier molecular flexibility index (Phi) is 4.02. The van der Waals surface area contributed by atoms with Gasteiger partial charge in [-0.3, -0.25) is 11.3 Å². The minimum Gasteiger partial charge on any atom is -0.271 e. The molecule has 0 spiro atoms. The molecule has 3 heteroatoms. The van der Waals surface area contributed by atoms with Gasteiger partial charge in [0.25, 0.3) is 0 Å². The van der Waals surface area contributed by atoms with E-state index in [1.807, 2.05) is 11.3 Å². The lowest BCUT2D eigenvalue weighted by atomic mass is 9.96. The van der Waals surface area contributed by atoms with Crippen LogP contribution in [0.5, 0.6) is 0 Å². The summed E-state index contributed by atoms with van der Waals surface area (Å²) in [6.45, 7) is 0. The summed E-state index contributed by atoms with van der Waals surface area (Å²) in [4.78, 5) is 3.14. The van der Waals surface area contributed by atoms with E-state index < -0.39 is 0 Å². The molecule has 3 rings (SSSR count). The summed E-state index contributed by atoms with van der Waals surface area (Å²) in [5, 5.41) is 0. The number of hydrazine groups is 1. The highest BCUT2D eigenvalue weighted by atomic mass is 32.1. The minimum absolute atomic E-state index is 0.407. The Labute approximate surface area is 114 Å². The summed E-state index contributed by atoms with van der Waals surface area (Å²) in [6.07, 6.45) is 12.2. The van der Waals surface area contributed by atoms with Gasteiger partial charge in [-0.15, -0.1) is 11.3 Å². The van der Waals surface area contributed by atoms with E-state index >= 15 is 0 Å². The molecule has 0 amide bonds. The summed E-state index contributed by atoms with van der Waals surface area (Å²) in [5.74, 6) is 6.59. The number of thiophene rings is 1. The lowest BCUT2D eigenvalue weighted by Crippen LogP contribution is -2.32. The maximum absolute atomic E-state index is 5.83. The Hall–Kier alpha value is -0.380. The Balaban J connectivity index is 1.81. The largest absolute Gasteiger partial charge is 0.271 e. The normalized spacial score (nSPS) is 22.7. The van der Waals surface area contributed by atoms with Crippen LogP contribution in [-0.2, 0) is 12.8 Å². The van der Waals surface area contributed by atoms with E-state index in [9.17, 15) is 0 Å². The topological polar surface area (TPSA) is 38.0 Å². The van der Waals surface area contributed by atoms with Gasteiger partial charge in [0.1, 0.15) is 0 Å². The zero-order chi connectivity index (χ0) is 12.4. The number of nitrogens with two attached hydrogens (primary N) is 1. The third kappa shape index (κ3) is 2.49. The highest BCUT2D eigenvalue weighted by Crippen LogP contribution is 2.40. The van der Waals surface area contributed by atoms with Crippen molar-refractivity contribution in [2.24, 2.45) is 11.8 Å². The number of nitrogens with one attached hydrogen (secondary N) is 1. The highest BCUT2D eigenvalue weighted by Gasteiger charge is 2.27.